The van der Waals surface area contributed by atoms with E-state index < -0.39 is 10.0 Å². The van der Waals surface area contributed by atoms with Crippen molar-refractivity contribution in [1.82, 2.24) is 4.31 Å². The molecule has 0 aromatic heterocycles. The van der Waals surface area contributed by atoms with E-state index in [9.17, 15) is 13.2 Å². The molecular weight excluding hydrogens is 386 g/mol. The molecule has 2 N–H and O–H groups in total. The molecule has 0 aliphatic carbocycles. The molecule has 6 nitrogen and oxygen atoms in total. The van der Waals surface area contributed by atoms with Crippen molar-refractivity contribution in [3.63, 3.8) is 0 Å². The van der Waals surface area contributed by atoms with Crippen molar-refractivity contribution in [1.29, 1.82) is 0 Å². The fourth-order valence-electron chi connectivity index (χ4n) is 3.29. The van der Waals surface area contributed by atoms with Crippen LogP contribution in [0.15, 0.2) is 53.4 Å². The number of carbonyl (C=O) groups excluding carboxylic acids is 1. The molecule has 0 atom stereocenters. The van der Waals surface area contributed by atoms with Crippen molar-refractivity contribution in [3.05, 3.63) is 54.1 Å². The number of nitrogens with one attached hydrogen (secondary N) is 2. The van der Waals surface area contributed by atoms with Gasteiger partial charge in [-0.15, -0.1) is 0 Å². The number of carbonyl (C=O) groups is 1. The van der Waals surface area contributed by atoms with Gasteiger partial charge in [-0.25, -0.2) is 8.42 Å². The summed E-state index contributed by atoms with van der Waals surface area (Å²) in [7, 11) is -3.47. The Bertz CT molecular complexity index is 958. The van der Waals surface area contributed by atoms with Crippen LogP contribution in [0.5, 0.6) is 0 Å². The van der Waals surface area contributed by atoms with E-state index in [0.29, 0.717) is 18.8 Å². The minimum Gasteiger partial charge on any atom is -0.376 e. The number of amides is 1. The molecule has 2 aromatic carbocycles. The van der Waals surface area contributed by atoms with Crippen molar-refractivity contribution in [2.45, 2.75) is 43.9 Å². The third-order valence-corrected chi connectivity index (χ3v) is 6.92. The van der Waals surface area contributed by atoms with E-state index in [2.05, 4.69) is 31.4 Å². The summed E-state index contributed by atoms with van der Waals surface area (Å²) in [4.78, 5) is 12.5. The first-order valence-electron chi connectivity index (χ1n) is 9.91. The van der Waals surface area contributed by atoms with Crippen LogP contribution in [-0.4, -0.2) is 38.3 Å². The van der Waals surface area contributed by atoms with E-state index in [-0.39, 0.29) is 22.8 Å². The van der Waals surface area contributed by atoms with Gasteiger partial charge in [0.05, 0.1) is 11.4 Å². The van der Waals surface area contributed by atoms with Gasteiger partial charge in [0.2, 0.25) is 15.9 Å². The van der Waals surface area contributed by atoms with Crippen molar-refractivity contribution in [3.8, 4) is 0 Å². The van der Waals surface area contributed by atoms with Gasteiger partial charge < -0.3 is 10.6 Å². The Morgan fingerprint density at radius 2 is 1.66 bits per heavy atom. The molecule has 29 heavy (non-hydrogen) atoms. The molecule has 1 saturated heterocycles. The number of hydrogen-bond donors (Lipinski definition) is 2. The fraction of sp³-hybridized carbons (Fsp3) is 0.409. The monoisotopic (exact) mass is 415 g/mol. The average molecular weight is 416 g/mol. The van der Waals surface area contributed by atoms with Gasteiger partial charge in [0.1, 0.15) is 0 Å². The number of rotatable bonds is 6. The molecular formula is C22H29N3O3S. The lowest BCUT2D eigenvalue weighted by Crippen LogP contribution is -2.28. The molecule has 0 bridgehead atoms. The third-order valence-electron chi connectivity index (χ3n) is 5.02. The third kappa shape index (κ3) is 5.36. The first-order valence-corrected chi connectivity index (χ1v) is 11.3. The molecule has 1 heterocycles. The lowest BCUT2D eigenvalue weighted by Gasteiger charge is -2.19. The van der Waals surface area contributed by atoms with Crippen LogP contribution in [0, 0.1) is 0 Å². The van der Waals surface area contributed by atoms with Crippen LogP contribution >= 0.6 is 0 Å². The highest BCUT2D eigenvalue weighted by atomic mass is 32.2. The van der Waals surface area contributed by atoms with Crippen LogP contribution in [-0.2, 0) is 20.2 Å². The molecule has 1 amide bonds. The SMILES string of the molecule is CC(C)(C)c1ccc(NC(=O)CNc2cccc(S(=O)(=O)N3CCCC3)c2)cc1. The summed E-state index contributed by atoms with van der Waals surface area (Å²) in [6.45, 7) is 7.61. The number of benzene rings is 2. The lowest BCUT2D eigenvalue weighted by atomic mass is 9.87. The maximum atomic E-state index is 12.7. The molecule has 2 aromatic rings. The largest absolute Gasteiger partial charge is 0.376 e. The minimum atomic E-state index is -3.47. The lowest BCUT2D eigenvalue weighted by molar-refractivity contribution is -0.114. The second-order valence-electron chi connectivity index (χ2n) is 8.37. The topological polar surface area (TPSA) is 78.5 Å². The summed E-state index contributed by atoms with van der Waals surface area (Å²) < 4.78 is 26.9. The molecule has 0 unspecified atom stereocenters. The molecule has 3 rings (SSSR count). The average Bonchev–Trinajstić information content (AvgIpc) is 3.22. The molecule has 1 aliphatic heterocycles. The van der Waals surface area contributed by atoms with Crippen LogP contribution in [0.4, 0.5) is 11.4 Å². The first kappa shape index (κ1) is 21.3. The molecule has 1 fully saturated rings. The van der Waals surface area contributed by atoms with E-state index in [4.69, 9.17) is 0 Å². The highest BCUT2D eigenvalue weighted by molar-refractivity contribution is 7.89. The molecule has 0 saturated carbocycles. The summed E-state index contributed by atoms with van der Waals surface area (Å²) in [5.41, 5.74) is 2.59. The van der Waals surface area contributed by atoms with Crippen LogP contribution in [0.2, 0.25) is 0 Å². The normalized spacial score (nSPS) is 15.3. The Morgan fingerprint density at radius 3 is 2.28 bits per heavy atom. The van der Waals surface area contributed by atoms with Gasteiger partial charge in [-0.2, -0.15) is 4.31 Å². The maximum absolute atomic E-state index is 12.7. The fourth-order valence-corrected chi connectivity index (χ4v) is 4.85. The molecule has 0 radical (unpaired) electrons. The summed E-state index contributed by atoms with van der Waals surface area (Å²) in [5.74, 6) is -0.193. The minimum absolute atomic E-state index is 0.0498. The quantitative estimate of drug-likeness (QED) is 0.752. The maximum Gasteiger partial charge on any atom is 0.243 e. The van der Waals surface area contributed by atoms with Crippen molar-refractivity contribution < 1.29 is 13.2 Å². The number of anilines is 2. The second kappa shape index (κ2) is 8.55. The van der Waals surface area contributed by atoms with Crippen LogP contribution < -0.4 is 10.6 Å². The zero-order chi connectivity index (χ0) is 21.1. The highest BCUT2D eigenvalue weighted by Crippen LogP contribution is 2.24. The zero-order valence-corrected chi connectivity index (χ0v) is 18.1. The van der Waals surface area contributed by atoms with Crippen molar-refractivity contribution in [2.24, 2.45) is 0 Å². The Hall–Kier alpha value is -2.38. The van der Waals surface area contributed by atoms with Gasteiger partial charge in [0, 0.05) is 24.5 Å². The van der Waals surface area contributed by atoms with Crippen LogP contribution in [0.1, 0.15) is 39.2 Å². The van der Waals surface area contributed by atoms with E-state index in [1.807, 2.05) is 24.3 Å². The predicted octanol–water partition coefficient (Wildman–Crippen LogP) is 3.82. The number of hydrogen-bond acceptors (Lipinski definition) is 4. The molecule has 1 aliphatic rings. The smallest absolute Gasteiger partial charge is 0.243 e. The Morgan fingerprint density at radius 1 is 1.00 bits per heavy atom. The predicted molar refractivity (Wildman–Crippen MR) is 117 cm³/mol. The van der Waals surface area contributed by atoms with Crippen LogP contribution in [0.3, 0.4) is 0 Å². The van der Waals surface area contributed by atoms with E-state index in [1.165, 1.54) is 9.87 Å². The van der Waals surface area contributed by atoms with Gasteiger partial charge in [0.25, 0.3) is 0 Å². The number of sulfonamides is 1. The van der Waals surface area contributed by atoms with Crippen molar-refractivity contribution in [2.75, 3.05) is 30.3 Å². The Labute approximate surface area is 173 Å². The summed E-state index contributed by atoms with van der Waals surface area (Å²) in [6.07, 6.45) is 1.79. The summed E-state index contributed by atoms with van der Waals surface area (Å²) in [6, 6.07) is 14.4. The Balaban J connectivity index is 1.59. The standard InChI is InChI=1S/C22H29N3O3S/c1-22(2,3)17-9-11-18(12-10-17)24-21(26)16-23-19-7-6-8-20(15-19)29(27,28)25-13-4-5-14-25/h6-12,15,23H,4-5,13-14,16H2,1-3H3,(H,24,26). The second-order valence-corrected chi connectivity index (χ2v) is 10.3. The van der Waals surface area contributed by atoms with E-state index in [1.54, 1.807) is 24.3 Å². The zero-order valence-electron chi connectivity index (χ0n) is 17.2. The highest BCUT2D eigenvalue weighted by Gasteiger charge is 2.27. The van der Waals surface area contributed by atoms with Gasteiger partial charge in [-0.1, -0.05) is 39.0 Å². The molecule has 156 valence electrons. The molecule has 0 spiro atoms. The molecule has 7 heteroatoms. The van der Waals surface area contributed by atoms with Crippen molar-refractivity contribution >= 4 is 27.3 Å². The summed E-state index contributed by atoms with van der Waals surface area (Å²) in [5, 5.41) is 5.86. The Kier molecular flexibility index (Phi) is 6.29. The van der Waals surface area contributed by atoms with Gasteiger partial charge in [-0.3, -0.25) is 4.79 Å². The van der Waals surface area contributed by atoms with Gasteiger partial charge in [0.15, 0.2) is 0 Å². The summed E-state index contributed by atoms with van der Waals surface area (Å²) >= 11 is 0. The van der Waals surface area contributed by atoms with E-state index in [0.717, 1.165) is 18.5 Å². The number of nitrogens with zero attached hydrogens (tertiary/aromatic N) is 1. The van der Waals surface area contributed by atoms with E-state index >= 15 is 0 Å². The van der Waals surface area contributed by atoms with Crippen LogP contribution in [0.25, 0.3) is 0 Å². The first-order chi connectivity index (χ1) is 13.7. The van der Waals surface area contributed by atoms with Gasteiger partial charge >= 0.3 is 0 Å². The van der Waals surface area contributed by atoms with Gasteiger partial charge in [-0.05, 0) is 54.2 Å².